The number of carbonyl (C=O) groups is 1. The van der Waals surface area contributed by atoms with Crippen molar-refractivity contribution < 1.29 is 9.53 Å². The largest absolute Gasteiger partial charge is 0.383 e. The first-order chi connectivity index (χ1) is 11.1. The van der Waals surface area contributed by atoms with Crippen LogP contribution in [-0.4, -0.2) is 47.2 Å². The number of para-hydroxylation sites is 2. The molecule has 0 radical (unpaired) electrons. The summed E-state index contributed by atoms with van der Waals surface area (Å²) in [5.74, 6) is 1.92. The Labute approximate surface area is 137 Å². The zero-order valence-corrected chi connectivity index (χ0v) is 14.2. The monoisotopic (exact) mass is 315 g/mol. The summed E-state index contributed by atoms with van der Waals surface area (Å²) in [6.45, 7) is 7.30. The summed E-state index contributed by atoms with van der Waals surface area (Å²) in [5.41, 5.74) is 2.11. The summed E-state index contributed by atoms with van der Waals surface area (Å²) in [6.07, 6.45) is 0.559. The fourth-order valence-electron chi connectivity index (χ4n) is 3.39. The van der Waals surface area contributed by atoms with Gasteiger partial charge in [-0.25, -0.2) is 4.98 Å². The molecule has 1 aliphatic rings. The van der Waals surface area contributed by atoms with Gasteiger partial charge in [0, 0.05) is 39.1 Å². The van der Waals surface area contributed by atoms with Gasteiger partial charge in [0.1, 0.15) is 5.82 Å². The lowest BCUT2D eigenvalue weighted by Gasteiger charge is -2.19. The molecule has 1 aromatic carbocycles. The number of carbonyl (C=O) groups excluding carboxylic acids is 1. The van der Waals surface area contributed by atoms with Gasteiger partial charge in [0.2, 0.25) is 5.91 Å². The van der Waals surface area contributed by atoms with Crippen LogP contribution in [0.25, 0.3) is 11.0 Å². The number of methoxy groups -OCH3 is 1. The maximum absolute atomic E-state index is 12.3. The van der Waals surface area contributed by atoms with Crippen molar-refractivity contribution in [3.63, 3.8) is 0 Å². The first-order valence-electron chi connectivity index (χ1n) is 8.32. The van der Waals surface area contributed by atoms with Crippen LogP contribution in [-0.2, 0) is 16.1 Å². The Kier molecular flexibility index (Phi) is 4.66. The summed E-state index contributed by atoms with van der Waals surface area (Å²) in [6, 6.07) is 8.15. The number of hydrogen-bond donors (Lipinski definition) is 0. The number of amides is 1. The average molecular weight is 315 g/mol. The molecular formula is C18H25N3O2. The summed E-state index contributed by atoms with van der Waals surface area (Å²) in [5, 5.41) is 0. The fraction of sp³-hybridized carbons (Fsp3) is 0.556. The van der Waals surface area contributed by atoms with E-state index in [2.05, 4.69) is 24.5 Å². The Balaban J connectivity index is 1.91. The van der Waals surface area contributed by atoms with Crippen molar-refractivity contribution in [3.8, 4) is 0 Å². The molecule has 2 aromatic rings. The molecule has 0 unspecified atom stereocenters. The minimum absolute atomic E-state index is 0.172. The third kappa shape index (κ3) is 3.24. The fourth-order valence-corrected chi connectivity index (χ4v) is 3.39. The smallest absolute Gasteiger partial charge is 0.223 e. The quantitative estimate of drug-likeness (QED) is 0.823. The molecule has 0 spiro atoms. The summed E-state index contributed by atoms with van der Waals surface area (Å²) in [4.78, 5) is 19.1. The van der Waals surface area contributed by atoms with E-state index in [4.69, 9.17) is 9.72 Å². The maximum Gasteiger partial charge on any atom is 0.223 e. The van der Waals surface area contributed by atoms with Gasteiger partial charge in [0.05, 0.1) is 17.6 Å². The van der Waals surface area contributed by atoms with Gasteiger partial charge < -0.3 is 14.2 Å². The van der Waals surface area contributed by atoms with Gasteiger partial charge >= 0.3 is 0 Å². The van der Waals surface area contributed by atoms with Crippen LogP contribution in [0.15, 0.2) is 24.3 Å². The first-order valence-corrected chi connectivity index (χ1v) is 8.32. The molecule has 3 rings (SSSR count). The Morgan fingerprint density at radius 2 is 2.13 bits per heavy atom. The standard InChI is InChI=1S/C18H25N3O2/c1-13(2)11-20-12-14(10-17(20)22)18-19-15-6-4-5-7-16(15)21(18)8-9-23-3/h4-7,13-14H,8-12H2,1-3H3/t14-/m1/s1. The summed E-state index contributed by atoms with van der Waals surface area (Å²) < 4.78 is 7.47. The number of nitrogens with zero attached hydrogens (tertiary/aromatic N) is 3. The van der Waals surface area contributed by atoms with Gasteiger partial charge in [0.25, 0.3) is 0 Å². The van der Waals surface area contributed by atoms with Crippen molar-refractivity contribution in [1.29, 1.82) is 0 Å². The van der Waals surface area contributed by atoms with Crippen LogP contribution in [0.4, 0.5) is 0 Å². The zero-order valence-electron chi connectivity index (χ0n) is 14.2. The molecule has 1 amide bonds. The average Bonchev–Trinajstić information content (AvgIpc) is 3.06. The zero-order chi connectivity index (χ0) is 16.4. The van der Waals surface area contributed by atoms with Crippen LogP contribution in [0.3, 0.4) is 0 Å². The lowest BCUT2D eigenvalue weighted by Crippen LogP contribution is -2.29. The molecule has 1 aromatic heterocycles. The Morgan fingerprint density at radius 1 is 1.35 bits per heavy atom. The SMILES string of the molecule is COCCn1c([C@@H]2CC(=O)N(CC(C)C)C2)nc2ccccc21. The highest BCUT2D eigenvalue weighted by molar-refractivity contribution is 5.80. The van der Waals surface area contributed by atoms with Crippen molar-refractivity contribution >= 4 is 16.9 Å². The number of imidazole rings is 1. The molecule has 124 valence electrons. The topological polar surface area (TPSA) is 47.4 Å². The lowest BCUT2D eigenvalue weighted by atomic mass is 10.1. The van der Waals surface area contributed by atoms with E-state index in [0.717, 1.165) is 36.5 Å². The van der Waals surface area contributed by atoms with Gasteiger partial charge in [-0.05, 0) is 18.1 Å². The molecule has 5 heteroatoms. The van der Waals surface area contributed by atoms with Crippen molar-refractivity contribution in [1.82, 2.24) is 14.5 Å². The van der Waals surface area contributed by atoms with Gasteiger partial charge in [-0.15, -0.1) is 0 Å². The molecular weight excluding hydrogens is 290 g/mol. The Bertz CT molecular complexity index is 693. The van der Waals surface area contributed by atoms with Crippen LogP contribution in [0, 0.1) is 5.92 Å². The van der Waals surface area contributed by atoms with Crippen LogP contribution in [0.1, 0.15) is 32.0 Å². The van der Waals surface area contributed by atoms with E-state index in [0.29, 0.717) is 18.9 Å². The highest BCUT2D eigenvalue weighted by Crippen LogP contribution is 2.30. The minimum Gasteiger partial charge on any atom is -0.383 e. The molecule has 0 bridgehead atoms. The van der Waals surface area contributed by atoms with E-state index in [1.54, 1.807) is 7.11 Å². The number of likely N-dealkylation sites (tertiary alicyclic amines) is 1. The molecule has 5 nitrogen and oxygen atoms in total. The predicted octanol–water partition coefficient (Wildman–Crippen LogP) is 2.65. The molecule has 23 heavy (non-hydrogen) atoms. The second-order valence-corrected chi connectivity index (χ2v) is 6.70. The third-order valence-electron chi connectivity index (χ3n) is 4.37. The number of rotatable bonds is 6. The lowest BCUT2D eigenvalue weighted by molar-refractivity contribution is -0.128. The number of fused-ring (bicyclic) bond motifs is 1. The van der Waals surface area contributed by atoms with Gasteiger partial charge in [-0.3, -0.25) is 4.79 Å². The first kappa shape index (κ1) is 16.0. The normalized spacial score (nSPS) is 18.5. The predicted molar refractivity (Wildman–Crippen MR) is 90.4 cm³/mol. The highest BCUT2D eigenvalue weighted by Gasteiger charge is 2.34. The molecule has 0 aliphatic carbocycles. The van der Waals surface area contributed by atoms with E-state index >= 15 is 0 Å². The van der Waals surface area contributed by atoms with Crippen LogP contribution < -0.4 is 0 Å². The Hall–Kier alpha value is -1.88. The Morgan fingerprint density at radius 3 is 2.87 bits per heavy atom. The van der Waals surface area contributed by atoms with Crippen molar-refractivity contribution in [2.24, 2.45) is 5.92 Å². The van der Waals surface area contributed by atoms with Crippen LogP contribution in [0.2, 0.25) is 0 Å². The van der Waals surface area contributed by atoms with Crippen LogP contribution in [0.5, 0.6) is 0 Å². The van der Waals surface area contributed by atoms with Crippen molar-refractivity contribution in [2.45, 2.75) is 32.7 Å². The summed E-state index contributed by atoms with van der Waals surface area (Å²) >= 11 is 0. The van der Waals surface area contributed by atoms with E-state index in [-0.39, 0.29) is 11.8 Å². The van der Waals surface area contributed by atoms with Gasteiger partial charge in [-0.2, -0.15) is 0 Å². The molecule has 2 heterocycles. The van der Waals surface area contributed by atoms with E-state index < -0.39 is 0 Å². The van der Waals surface area contributed by atoms with Crippen LogP contribution >= 0.6 is 0 Å². The molecule has 0 N–H and O–H groups in total. The van der Waals surface area contributed by atoms with Crippen molar-refractivity contribution in [3.05, 3.63) is 30.1 Å². The third-order valence-corrected chi connectivity index (χ3v) is 4.37. The van der Waals surface area contributed by atoms with E-state index in [1.807, 2.05) is 23.1 Å². The number of hydrogen-bond acceptors (Lipinski definition) is 3. The molecule has 0 saturated carbocycles. The molecule has 1 fully saturated rings. The minimum atomic E-state index is 0.172. The second-order valence-electron chi connectivity index (χ2n) is 6.70. The number of ether oxygens (including phenoxy) is 1. The van der Waals surface area contributed by atoms with Gasteiger partial charge in [-0.1, -0.05) is 26.0 Å². The van der Waals surface area contributed by atoms with E-state index in [9.17, 15) is 4.79 Å². The molecule has 1 saturated heterocycles. The van der Waals surface area contributed by atoms with Gasteiger partial charge in [0.15, 0.2) is 0 Å². The summed E-state index contributed by atoms with van der Waals surface area (Å²) in [7, 11) is 1.71. The van der Waals surface area contributed by atoms with Crippen molar-refractivity contribution in [2.75, 3.05) is 26.8 Å². The second kappa shape index (κ2) is 6.71. The van der Waals surface area contributed by atoms with E-state index in [1.165, 1.54) is 0 Å². The number of aromatic nitrogens is 2. The maximum atomic E-state index is 12.3. The number of benzene rings is 1. The highest BCUT2D eigenvalue weighted by atomic mass is 16.5. The molecule has 1 atom stereocenters. The molecule has 1 aliphatic heterocycles.